The van der Waals surface area contributed by atoms with E-state index in [1.54, 1.807) is 51.8 Å². The van der Waals surface area contributed by atoms with Gasteiger partial charge >= 0.3 is 0 Å². The quantitative estimate of drug-likeness (QED) is 0.538. The first-order valence-corrected chi connectivity index (χ1v) is 10.0. The van der Waals surface area contributed by atoms with Crippen LogP contribution in [0.25, 0.3) is 10.6 Å². The van der Waals surface area contributed by atoms with Gasteiger partial charge in [-0.05, 0) is 36.4 Å². The van der Waals surface area contributed by atoms with Gasteiger partial charge in [-0.15, -0.1) is 11.3 Å². The summed E-state index contributed by atoms with van der Waals surface area (Å²) in [5, 5.41) is 2.54. The summed E-state index contributed by atoms with van der Waals surface area (Å²) in [4.78, 5) is 19.0. The van der Waals surface area contributed by atoms with E-state index in [0.717, 1.165) is 21.9 Å². The van der Waals surface area contributed by atoms with Gasteiger partial charge in [0.1, 0.15) is 16.5 Å². The Morgan fingerprint density at radius 2 is 1.63 bits per heavy atom. The molecule has 0 aliphatic carbocycles. The number of rotatable bonds is 8. The largest absolute Gasteiger partial charge is 0.497 e. The second kappa shape index (κ2) is 9.49. The van der Waals surface area contributed by atoms with E-state index in [4.69, 9.17) is 18.9 Å². The Morgan fingerprint density at radius 3 is 2.23 bits per heavy atom. The van der Waals surface area contributed by atoms with E-state index in [1.165, 1.54) is 11.3 Å². The van der Waals surface area contributed by atoms with Crippen molar-refractivity contribution in [3.63, 3.8) is 0 Å². The lowest BCUT2D eigenvalue weighted by Gasteiger charge is -2.20. The Labute approximate surface area is 179 Å². The van der Waals surface area contributed by atoms with Gasteiger partial charge in [0.25, 0.3) is 5.91 Å². The molecule has 1 amide bonds. The van der Waals surface area contributed by atoms with E-state index >= 15 is 0 Å². The molecule has 0 bridgehead atoms. The third kappa shape index (κ3) is 4.33. The van der Waals surface area contributed by atoms with Crippen molar-refractivity contribution in [2.75, 3.05) is 35.5 Å². The van der Waals surface area contributed by atoms with Crippen LogP contribution in [0.4, 0.5) is 0 Å². The number of carbonyl (C=O) groups excluding carboxylic acids is 1. The molecule has 0 unspecified atom stereocenters. The van der Waals surface area contributed by atoms with E-state index in [2.05, 4.69) is 4.98 Å². The normalized spacial score (nSPS) is 10.4. The molecule has 0 N–H and O–H groups in total. The number of methoxy groups -OCH3 is 4. The second-order valence-electron chi connectivity index (χ2n) is 6.42. The summed E-state index contributed by atoms with van der Waals surface area (Å²) in [6, 6.07) is 11.2. The highest BCUT2D eigenvalue weighted by Gasteiger charge is 2.21. The molecular formula is C22H24N2O5S. The maximum Gasteiger partial charge on any atom is 0.273 e. The molecule has 2 aromatic carbocycles. The van der Waals surface area contributed by atoms with Gasteiger partial charge < -0.3 is 23.8 Å². The van der Waals surface area contributed by atoms with Crippen LogP contribution in [0, 0.1) is 0 Å². The van der Waals surface area contributed by atoms with Crippen molar-refractivity contribution in [2.24, 2.45) is 0 Å². The minimum Gasteiger partial charge on any atom is -0.497 e. The lowest BCUT2D eigenvalue weighted by molar-refractivity contribution is 0.0779. The first-order chi connectivity index (χ1) is 14.5. The molecule has 0 radical (unpaired) electrons. The van der Waals surface area contributed by atoms with Crippen LogP contribution >= 0.6 is 11.3 Å². The van der Waals surface area contributed by atoms with E-state index in [-0.39, 0.29) is 5.91 Å². The molecular weight excluding hydrogens is 404 g/mol. The standard InChI is InChI=1S/C22H24N2O5S/c1-24(12-15-8-11-18(27-3)20(29-5)19(15)28-4)22(25)17-13-30-21(23-17)14-6-9-16(26-2)10-7-14/h6-11,13H,12H2,1-5H3. The molecule has 30 heavy (non-hydrogen) atoms. The monoisotopic (exact) mass is 428 g/mol. The third-order valence-electron chi connectivity index (χ3n) is 4.60. The predicted molar refractivity (Wildman–Crippen MR) is 116 cm³/mol. The maximum atomic E-state index is 12.9. The summed E-state index contributed by atoms with van der Waals surface area (Å²) in [7, 11) is 8.03. The van der Waals surface area contributed by atoms with Crippen LogP contribution in [0.3, 0.4) is 0 Å². The zero-order valence-electron chi connectivity index (χ0n) is 17.6. The highest BCUT2D eigenvalue weighted by molar-refractivity contribution is 7.13. The average Bonchev–Trinajstić information content (AvgIpc) is 3.28. The van der Waals surface area contributed by atoms with Crippen molar-refractivity contribution >= 4 is 17.2 Å². The topological polar surface area (TPSA) is 70.1 Å². The molecule has 0 saturated carbocycles. The van der Waals surface area contributed by atoms with E-state index in [1.807, 2.05) is 30.3 Å². The highest BCUT2D eigenvalue weighted by Crippen LogP contribution is 2.40. The number of hydrogen-bond acceptors (Lipinski definition) is 7. The molecule has 3 aromatic rings. The Balaban J connectivity index is 1.79. The first kappa shape index (κ1) is 21.4. The number of nitrogens with zero attached hydrogens (tertiary/aromatic N) is 2. The zero-order chi connectivity index (χ0) is 21.7. The highest BCUT2D eigenvalue weighted by atomic mass is 32.1. The molecule has 0 atom stereocenters. The molecule has 158 valence electrons. The van der Waals surface area contributed by atoms with E-state index < -0.39 is 0 Å². The number of thiazole rings is 1. The third-order valence-corrected chi connectivity index (χ3v) is 5.49. The van der Waals surface area contributed by atoms with E-state index in [9.17, 15) is 4.79 Å². The summed E-state index contributed by atoms with van der Waals surface area (Å²) in [6.07, 6.45) is 0. The van der Waals surface area contributed by atoms with Gasteiger partial charge in [0.15, 0.2) is 11.5 Å². The van der Waals surface area contributed by atoms with Crippen LogP contribution in [0.15, 0.2) is 41.8 Å². The van der Waals surface area contributed by atoms with Crippen molar-refractivity contribution in [3.8, 4) is 33.6 Å². The predicted octanol–water partition coefficient (Wildman–Crippen LogP) is 4.12. The molecule has 0 aliphatic rings. The summed E-state index contributed by atoms with van der Waals surface area (Å²) in [5.74, 6) is 2.19. The summed E-state index contributed by atoms with van der Waals surface area (Å²) in [5.41, 5.74) is 2.13. The van der Waals surface area contributed by atoms with Gasteiger partial charge in [-0.1, -0.05) is 0 Å². The minimum absolute atomic E-state index is 0.178. The number of benzene rings is 2. The van der Waals surface area contributed by atoms with Crippen LogP contribution in [0.2, 0.25) is 0 Å². The smallest absolute Gasteiger partial charge is 0.273 e. The van der Waals surface area contributed by atoms with Gasteiger partial charge in [-0.25, -0.2) is 4.98 Å². The van der Waals surface area contributed by atoms with Gasteiger partial charge in [0.05, 0.1) is 28.4 Å². The number of ether oxygens (including phenoxy) is 4. The van der Waals surface area contributed by atoms with Crippen LogP contribution in [0.5, 0.6) is 23.0 Å². The van der Waals surface area contributed by atoms with Crippen LogP contribution in [0.1, 0.15) is 16.1 Å². The number of carbonyl (C=O) groups is 1. The fourth-order valence-corrected chi connectivity index (χ4v) is 3.85. The SMILES string of the molecule is COc1ccc(-c2nc(C(=O)N(C)Cc3ccc(OC)c(OC)c3OC)cs2)cc1. The van der Waals surface area contributed by atoms with Crippen LogP contribution in [-0.2, 0) is 6.54 Å². The van der Waals surface area contributed by atoms with Crippen molar-refractivity contribution in [1.29, 1.82) is 0 Å². The molecule has 0 fully saturated rings. The molecule has 0 saturated heterocycles. The van der Waals surface area contributed by atoms with Crippen LogP contribution in [-0.4, -0.2) is 51.3 Å². The van der Waals surface area contributed by atoms with Gasteiger partial charge in [-0.2, -0.15) is 0 Å². The molecule has 1 heterocycles. The number of amides is 1. The fraction of sp³-hybridized carbons (Fsp3) is 0.273. The molecule has 3 rings (SSSR count). The lowest BCUT2D eigenvalue weighted by Crippen LogP contribution is -2.26. The van der Waals surface area contributed by atoms with Gasteiger partial charge in [0, 0.05) is 30.1 Å². The first-order valence-electron chi connectivity index (χ1n) is 9.15. The Kier molecular flexibility index (Phi) is 6.79. The molecule has 0 spiro atoms. The number of hydrogen-bond donors (Lipinski definition) is 0. The number of aromatic nitrogens is 1. The van der Waals surface area contributed by atoms with E-state index in [0.29, 0.717) is 29.5 Å². The lowest BCUT2D eigenvalue weighted by atomic mass is 10.1. The van der Waals surface area contributed by atoms with Crippen molar-refractivity contribution in [2.45, 2.75) is 6.54 Å². The maximum absolute atomic E-state index is 12.9. The van der Waals surface area contributed by atoms with Crippen molar-refractivity contribution < 1.29 is 23.7 Å². The van der Waals surface area contributed by atoms with Gasteiger partial charge in [0.2, 0.25) is 5.75 Å². The summed E-state index contributed by atoms with van der Waals surface area (Å²) < 4.78 is 21.4. The van der Waals surface area contributed by atoms with Crippen molar-refractivity contribution in [1.82, 2.24) is 9.88 Å². The van der Waals surface area contributed by atoms with Gasteiger partial charge in [-0.3, -0.25) is 4.79 Å². The Hall–Kier alpha value is -3.26. The van der Waals surface area contributed by atoms with Crippen LogP contribution < -0.4 is 18.9 Å². The minimum atomic E-state index is -0.178. The average molecular weight is 429 g/mol. The molecule has 1 aromatic heterocycles. The fourth-order valence-electron chi connectivity index (χ4n) is 3.05. The zero-order valence-corrected chi connectivity index (χ0v) is 18.4. The summed E-state index contributed by atoms with van der Waals surface area (Å²) >= 11 is 1.43. The Bertz CT molecular complexity index is 1020. The molecule has 8 heteroatoms. The van der Waals surface area contributed by atoms with Crippen molar-refractivity contribution in [3.05, 3.63) is 53.0 Å². The molecule has 7 nitrogen and oxygen atoms in total. The Morgan fingerprint density at radius 1 is 0.933 bits per heavy atom. The molecule has 0 aliphatic heterocycles. The second-order valence-corrected chi connectivity index (χ2v) is 7.28. The summed E-state index contributed by atoms with van der Waals surface area (Å²) in [6.45, 7) is 0.331.